The van der Waals surface area contributed by atoms with Crippen LogP contribution in [0.4, 0.5) is 0 Å². The quantitative estimate of drug-likeness (QED) is 0.516. The van der Waals surface area contributed by atoms with E-state index in [4.69, 9.17) is 19.3 Å². The van der Waals surface area contributed by atoms with Gasteiger partial charge in [0.2, 0.25) is 0 Å². The number of aliphatic carboxylic acids is 1. The molecule has 0 aromatic heterocycles. The molecule has 0 spiro atoms. The first-order valence-corrected chi connectivity index (χ1v) is 8.32. The summed E-state index contributed by atoms with van der Waals surface area (Å²) in [6.07, 6.45) is 3.09. The summed E-state index contributed by atoms with van der Waals surface area (Å²) >= 11 is 3.38. The number of carbonyl (C=O) groups is 2. The lowest BCUT2D eigenvalue weighted by molar-refractivity contribution is -0.139. The van der Waals surface area contributed by atoms with Crippen LogP contribution in [-0.2, 0) is 4.79 Å². The summed E-state index contributed by atoms with van der Waals surface area (Å²) in [4.78, 5) is 23.0. The first kappa shape index (κ1) is 19.5. The molecule has 136 valence electrons. The second-order valence-electron chi connectivity index (χ2n) is 5.13. The minimum Gasteiger partial charge on any atom is -0.496 e. The number of allylic oxidation sites excluding steroid dienone is 1. The topological polar surface area (TPSA) is 82.1 Å². The lowest BCUT2D eigenvalue weighted by Gasteiger charge is -2.10. The van der Waals surface area contributed by atoms with Gasteiger partial charge in [-0.3, -0.25) is 4.79 Å². The molecule has 0 aliphatic rings. The van der Waals surface area contributed by atoms with Gasteiger partial charge in [0.25, 0.3) is 0 Å². The van der Waals surface area contributed by atoms with E-state index < -0.39 is 12.6 Å². The van der Waals surface area contributed by atoms with E-state index in [1.807, 2.05) is 12.1 Å². The van der Waals surface area contributed by atoms with Crippen LogP contribution in [0.1, 0.15) is 15.9 Å². The Morgan fingerprint density at radius 1 is 1.04 bits per heavy atom. The average molecular weight is 421 g/mol. The molecule has 2 aromatic carbocycles. The first-order valence-electron chi connectivity index (χ1n) is 7.53. The molecule has 2 rings (SSSR count). The van der Waals surface area contributed by atoms with Crippen molar-refractivity contribution in [1.82, 2.24) is 0 Å². The number of hydrogen-bond donors (Lipinski definition) is 1. The second kappa shape index (κ2) is 9.05. The van der Waals surface area contributed by atoms with Gasteiger partial charge in [-0.05, 0) is 48.6 Å². The highest BCUT2D eigenvalue weighted by molar-refractivity contribution is 9.10. The predicted octanol–water partition coefficient (Wildman–Crippen LogP) is 3.83. The van der Waals surface area contributed by atoms with Gasteiger partial charge in [-0.2, -0.15) is 0 Å². The zero-order valence-electron chi connectivity index (χ0n) is 14.2. The highest BCUT2D eigenvalue weighted by atomic mass is 79.9. The van der Waals surface area contributed by atoms with Crippen molar-refractivity contribution in [2.45, 2.75) is 0 Å². The molecule has 0 bridgehead atoms. The monoisotopic (exact) mass is 420 g/mol. The van der Waals surface area contributed by atoms with Gasteiger partial charge in [0, 0.05) is 15.6 Å². The molecular formula is C19H17BrO6. The molecule has 0 fully saturated rings. The van der Waals surface area contributed by atoms with Gasteiger partial charge in [0.1, 0.15) is 5.75 Å². The van der Waals surface area contributed by atoms with Gasteiger partial charge in [0.15, 0.2) is 23.9 Å². The smallest absolute Gasteiger partial charge is 0.341 e. The number of halogens is 1. The van der Waals surface area contributed by atoms with Crippen molar-refractivity contribution in [2.24, 2.45) is 0 Å². The highest BCUT2D eigenvalue weighted by Gasteiger charge is 2.11. The number of carboxylic acid groups (broad SMARTS) is 1. The number of rotatable bonds is 8. The van der Waals surface area contributed by atoms with Crippen LogP contribution in [0.5, 0.6) is 17.2 Å². The zero-order valence-corrected chi connectivity index (χ0v) is 15.8. The fourth-order valence-electron chi connectivity index (χ4n) is 2.18. The molecule has 0 unspecified atom stereocenters. The average Bonchev–Trinajstić information content (AvgIpc) is 2.64. The molecule has 1 N–H and O–H groups in total. The number of benzene rings is 2. The number of hydrogen-bond acceptors (Lipinski definition) is 5. The normalized spacial score (nSPS) is 10.6. The van der Waals surface area contributed by atoms with Gasteiger partial charge in [-0.1, -0.05) is 15.9 Å². The molecule has 6 nitrogen and oxygen atoms in total. The summed E-state index contributed by atoms with van der Waals surface area (Å²) in [7, 11) is 2.97. The summed E-state index contributed by atoms with van der Waals surface area (Å²) in [6, 6.07) is 10.0. The fraction of sp³-hybridized carbons (Fsp3) is 0.158. The van der Waals surface area contributed by atoms with Crippen LogP contribution in [0.2, 0.25) is 0 Å². The zero-order chi connectivity index (χ0) is 19.1. The molecule has 0 aliphatic heterocycles. The summed E-state index contributed by atoms with van der Waals surface area (Å²) < 4.78 is 16.4. The van der Waals surface area contributed by atoms with Crippen LogP contribution in [0, 0.1) is 0 Å². The van der Waals surface area contributed by atoms with Crippen molar-refractivity contribution in [2.75, 3.05) is 20.8 Å². The molecule has 0 radical (unpaired) electrons. The Hall–Kier alpha value is -2.80. The summed E-state index contributed by atoms with van der Waals surface area (Å²) in [5, 5.41) is 8.68. The molecule has 0 aliphatic carbocycles. The maximum Gasteiger partial charge on any atom is 0.341 e. The van der Waals surface area contributed by atoms with E-state index in [1.165, 1.54) is 25.3 Å². The maximum absolute atomic E-state index is 12.4. The number of ether oxygens (including phenoxy) is 3. The third-order valence-electron chi connectivity index (χ3n) is 3.41. The Bertz CT molecular complexity index is 844. The lowest BCUT2D eigenvalue weighted by atomic mass is 10.1. The second-order valence-corrected chi connectivity index (χ2v) is 6.05. The Labute approximate surface area is 159 Å². The van der Waals surface area contributed by atoms with E-state index in [9.17, 15) is 9.59 Å². The third kappa shape index (κ3) is 5.10. The highest BCUT2D eigenvalue weighted by Crippen LogP contribution is 2.29. The van der Waals surface area contributed by atoms with Crippen molar-refractivity contribution in [3.8, 4) is 17.2 Å². The molecule has 2 aromatic rings. The minimum atomic E-state index is -1.10. The molecule has 26 heavy (non-hydrogen) atoms. The number of carboxylic acids is 1. The van der Waals surface area contributed by atoms with E-state index in [0.717, 1.165) is 10.0 Å². The van der Waals surface area contributed by atoms with Gasteiger partial charge in [0.05, 0.1) is 14.2 Å². The van der Waals surface area contributed by atoms with Crippen LogP contribution in [-0.4, -0.2) is 37.7 Å². The van der Waals surface area contributed by atoms with Crippen LogP contribution in [0.15, 0.2) is 46.9 Å². The van der Waals surface area contributed by atoms with E-state index in [2.05, 4.69) is 15.9 Å². The van der Waals surface area contributed by atoms with Gasteiger partial charge >= 0.3 is 5.97 Å². The van der Waals surface area contributed by atoms with E-state index in [1.54, 1.807) is 25.3 Å². The SMILES string of the molecule is COc1ccc(Br)cc1C=CC(=O)c1ccc(OCC(=O)O)c(OC)c1. The van der Waals surface area contributed by atoms with Crippen LogP contribution >= 0.6 is 15.9 Å². The molecule has 7 heteroatoms. The first-order chi connectivity index (χ1) is 12.4. The van der Waals surface area contributed by atoms with E-state index in [0.29, 0.717) is 11.3 Å². The summed E-state index contributed by atoms with van der Waals surface area (Å²) in [5.41, 5.74) is 1.14. The number of carbonyl (C=O) groups excluding carboxylic acids is 1. The Morgan fingerprint density at radius 3 is 2.38 bits per heavy atom. The van der Waals surface area contributed by atoms with Crippen LogP contribution in [0.3, 0.4) is 0 Å². The largest absolute Gasteiger partial charge is 0.496 e. The van der Waals surface area contributed by atoms with Crippen molar-refractivity contribution < 1.29 is 28.9 Å². The van der Waals surface area contributed by atoms with Crippen LogP contribution in [0.25, 0.3) is 6.08 Å². The molecule has 0 atom stereocenters. The van der Waals surface area contributed by atoms with Gasteiger partial charge in [-0.15, -0.1) is 0 Å². The standard InChI is InChI=1S/C19H17BrO6/c1-24-16-8-5-14(20)9-13(16)3-6-15(21)12-4-7-17(18(10-12)25-2)26-11-19(22)23/h3-10H,11H2,1-2H3,(H,22,23). The molecule has 0 heterocycles. The predicted molar refractivity (Wildman–Crippen MR) is 100 cm³/mol. The number of methoxy groups -OCH3 is 2. The lowest BCUT2D eigenvalue weighted by Crippen LogP contribution is -2.10. The fourth-order valence-corrected chi connectivity index (χ4v) is 2.56. The van der Waals surface area contributed by atoms with Crippen molar-refractivity contribution in [1.29, 1.82) is 0 Å². The van der Waals surface area contributed by atoms with Gasteiger partial charge < -0.3 is 19.3 Å². The van der Waals surface area contributed by atoms with Crippen molar-refractivity contribution >= 4 is 33.8 Å². The molecule has 0 saturated carbocycles. The minimum absolute atomic E-state index is 0.241. The molecule has 0 saturated heterocycles. The summed E-state index contributed by atoms with van der Waals surface area (Å²) in [6.45, 7) is -0.494. The van der Waals surface area contributed by atoms with Crippen molar-refractivity contribution in [3.63, 3.8) is 0 Å². The van der Waals surface area contributed by atoms with Crippen molar-refractivity contribution in [3.05, 3.63) is 58.1 Å². The summed E-state index contributed by atoms with van der Waals surface area (Å²) in [5.74, 6) is -0.157. The molecular weight excluding hydrogens is 404 g/mol. The Kier molecular flexibility index (Phi) is 6.80. The molecule has 0 amide bonds. The third-order valence-corrected chi connectivity index (χ3v) is 3.90. The van der Waals surface area contributed by atoms with Crippen LogP contribution < -0.4 is 14.2 Å². The van der Waals surface area contributed by atoms with E-state index >= 15 is 0 Å². The Morgan fingerprint density at radius 2 is 1.73 bits per heavy atom. The maximum atomic E-state index is 12.4. The van der Waals surface area contributed by atoms with Gasteiger partial charge in [-0.25, -0.2) is 4.79 Å². The van der Waals surface area contributed by atoms with E-state index in [-0.39, 0.29) is 17.3 Å². The Balaban J connectivity index is 2.21. The number of ketones is 1.